The van der Waals surface area contributed by atoms with Crippen LogP contribution in [0.25, 0.3) is 0 Å². The van der Waals surface area contributed by atoms with Crippen molar-refractivity contribution >= 4 is 0 Å². The van der Waals surface area contributed by atoms with Crippen LogP contribution >= 0.6 is 0 Å². The van der Waals surface area contributed by atoms with Gasteiger partial charge in [0.15, 0.2) is 0 Å². The van der Waals surface area contributed by atoms with Gasteiger partial charge in [0.1, 0.15) is 0 Å². The second kappa shape index (κ2) is 8.61. The molecule has 2 atom stereocenters. The Morgan fingerprint density at radius 3 is 2.31 bits per heavy atom. The maximum absolute atomic E-state index is 5.41. The molecular weight excluding hydrogens is 196 g/mol. The molecule has 0 spiro atoms. The number of hydrogen-bond donors (Lipinski definition) is 1. The summed E-state index contributed by atoms with van der Waals surface area (Å²) in [4.78, 5) is 2.40. The predicted octanol–water partition coefficient (Wildman–Crippen LogP) is 2.35. The highest BCUT2D eigenvalue weighted by Gasteiger charge is 2.18. The fraction of sp³-hybridized carbons (Fsp3) is 0.857. The number of hydrogen-bond acceptors (Lipinski definition) is 2. The third-order valence-corrected chi connectivity index (χ3v) is 3.05. The molecule has 2 nitrogen and oxygen atoms in total. The van der Waals surface area contributed by atoms with Crippen LogP contribution in [0.2, 0.25) is 0 Å². The lowest BCUT2D eigenvalue weighted by molar-refractivity contribution is 0.177. The lowest BCUT2D eigenvalue weighted by atomic mass is 10.0. The second-order valence-electron chi connectivity index (χ2n) is 4.96. The highest BCUT2D eigenvalue weighted by Crippen LogP contribution is 2.10. The lowest BCUT2D eigenvalue weighted by Crippen LogP contribution is -2.42. The van der Waals surface area contributed by atoms with Crippen LogP contribution in [0, 0.1) is 18.3 Å². The molecule has 0 fully saturated rings. The average Bonchev–Trinajstić information content (AvgIpc) is 2.24. The van der Waals surface area contributed by atoms with Crippen molar-refractivity contribution in [3.8, 4) is 12.3 Å². The molecule has 94 valence electrons. The van der Waals surface area contributed by atoms with E-state index in [0.717, 1.165) is 26.1 Å². The van der Waals surface area contributed by atoms with Crippen LogP contribution in [-0.4, -0.2) is 36.6 Å². The molecule has 0 aliphatic heterocycles. The number of nitrogens with zero attached hydrogens (tertiary/aromatic N) is 1. The minimum Gasteiger partial charge on any atom is -0.314 e. The van der Waals surface area contributed by atoms with E-state index < -0.39 is 0 Å². The summed E-state index contributed by atoms with van der Waals surface area (Å²) in [5, 5.41) is 3.49. The Balaban J connectivity index is 4.14. The van der Waals surface area contributed by atoms with Crippen molar-refractivity contribution in [1.82, 2.24) is 10.2 Å². The Bertz CT molecular complexity index is 205. The smallest absolute Gasteiger partial charge is 0.0601 e. The van der Waals surface area contributed by atoms with Gasteiger partial charge in [-0.2, -0.15) is 0 Å². The van der Waals surface area contributed by atoms with Crippen molar-refractivity contribution in [3.05, 3.63) is 0 Å². The first-order chi connectivity index (χ1) is 7.52. The van der Waals surface area contributed by atoms with Crippen LogP contribution in [0.15, 0.2) is 0 Å². The maximum Gasteiger partial charge on any atom is 0.0601 e. The molecule has 2 unspecified atom stereocenters. The standard InChI is InChI=1S/C14H28N2/c1-7-9-16(10-8-2)14(6)13(5)11-15-12(3)4/h1,12-15H,8-11H2,2-6H3. The zero-order valence-electron chi connectivity index (χ0n) is 11.6. The third-order valence-electron chi connectivity index (χ3n) is 3.05. The van der Waals surface area contributed by atoms with Crippen molar-refractivity contribution in [2.24, 2.45) is 5.92 Å². The Morgan fingerprint density at radius 1 is 1.25 bits per heavy atom. The van der Waals surface area contributed by atoms with Crippen molar-refractivity contribution in [3.63, 3.8) is 0 Å². The van der Waals surface area contributed by atoms with Crippen LogP contribution in [0.1, 0.15) is 41.0 Å². The third kappa shape index (κ3) is 6.15. The van der Waals surface area contributed by atoms with E-state index in [9.17, 15) is 0 Å². The summed E-state index contributed by atoms with van der Waals surface area (Å²) >= 11 is 0. The molecule has 0 aromatic carbocycles. The minimum absolute atomic E-state index is 0.544. The molecule has 0 radical (unpaired) electrons. The van der Waals surface area contributed by atoms with E-state index in [4.69, 9.17) is 6.42 Å². The van der Waals surface area contributed by atoms with Gasteiger partial charge in [0.05, 0.1) is 6.54 Å². The van der Waals surface area contributed by atoms with E-state index in [2.05, 4.69) is 50.8 Å². The highest BCUT2D eigenvalue weighted by molar-refractivity contribution is 4.90. The first-order valence-electron chi connectivity index (χ1n) is 6.43. The Labute approximate surface area is 102 Å². The molecule has 16 heavy (non-hydrogen) atoms. The van der Waals surface area contributed by atoms with Gasteiger partial charge < -0.3 is 5.32 Å². The monoisotopic (exact) mass is 224 g/mol. The summed E-state index contributed by atoms with van der Waals surface area (Å²) in [5.74, 6) is 3.39. The summed E-state index contributed by atoms with van der Waals surface area (Å²) in [6, 6.07) is 1.10. The fourth-order valence-electron chi connectivity index (χ4n) is 1.78. The Morgan fingerprint density at radius 2 is 1.88 bits per heavy atom. The van der Waals surface area contributed by atoms with Crippen molar-refractivity contribution in [1.29, 1.82) is 0 Å². The van der Waals surface area contributed by atoms with Gasteiger partial charge in [0.2, 0.25) is 0 Å². The molecule has 1 N–H and O–H groups in total. The zero-order valence-corrected chi connectivity index (χ0v) is 11.6. The molecule has 0 bridgehead atoms. The minimum atomic E-state index is 0.544. The predicted molar refractivity (Wildman–Crippen MR) is 72.5 cm³/mol. The van der Waals surface area contributed by atoms with E-state index in [1.165, 1.54) is 0 Å². The Hall–Kier alpha value is -0.520. The van der Waals surface area contributed by atoms with E-state index >= 15 is 0 Å². The number of nitrogens with one attached hydrogen (secondary N) is 1. The maximum atomic E-state index is 5.41. The van der Waals surface area contributed by atoms with Gasteiger partial charge in [0, 0.05) is 12.1 Å². The molecular formula is C14H28N2. The van der Waals surface area contributed by atoms with Crippen LogP contribution < -0.4 is 5.32 Å². The molecule has 0 aromatic heterocycles. The van der Waals surface area contributed by atoms with Gasteiger partial charge in [-0.05, 0) is 32.4 Å². The van der Waals surface area contributed by atoms with Crippen molar-refractivity contribution < 1.29 is 0 Å². The molecule has 0 saturated heterocycles. The summed E-state index contributed by atoms with van der Waals surface area (Å²) in [6.45, 7) is 14.1. The molecule has 0 aliphatic rings. The van der Waals surface area contributed by atoms with Crippen molar-refractivity contribution in [2.75, 3.05) is 19.6 Å². The molecule has 2 heteroatoms. The van der Waals surface area contributed by atoms with Crippen LogP contribution in [-0.2, 0) is 0 Å². The van der Waals surface area contributed by atoms with Gasteiger partial charge in [0.25, 0.3) is 0 Å². The van der Waals surface area contributed by atoms with Crippen LogP contribution in [0.5, 0.6) is 0 Å². The van der Waals surface area contributed by atoms with Crippen molar-refractivity contribution in [2.45, 2.75) is 53.1 Å². The summed E-state index contributed by atoms with van der Waals surface area (Å²) in [7, 11) is 0. The zero-order chi connectivity index (χ0) is 12.6. The quantitative estimate of drug-likeness (QED) is 0.637. The van der Waals surface area contributed by atoms with E-state index in [0.29, 0.717) is 18.0 Å². The average molecular weight is 224 g/mol. The summed E-state index contributed by atoms with van der Waals surface area (Å²) < 4.78 is 0. The lowest BCUT2D eigenvalue weighted by Gasteiger charge is -2.32. The largest absolute Gasteiger partial charge is 0.314 e. The number of terminal acetylenes is 1. The fourth-order valence-corrected chi connectivity index (χ4v) is 1.78. The highest BCUT2D eigenvalue weighted by atomic mass is 15.1. The molecule has 0 amide bonds. The second-order valence-corrected chi connectivity index (χ2v) is 4.96. The number of rotatable bonds is 8. The van der Waals surface area contributed by atoms with Gasteiger partial charge in [-0.25, -0.2) is 0 Å². The first-order valence-corrected chi connectivity index (χ1v) is 6.43. The molecule has 0 rings (SSSR count). The van der Waals surface area contributed by atoms with E-state index in [1.54, 1.807) is 0 Å². The van der Waals surface area contributed by atoms with Crippen LogP contribution in [0.3, 0.4) is 0 Å². The topological polar surface area (TPSA) is 15.3 Å². The normalized spacial score (nSPS) is 15.1. The van der Waals surface area contributed by atoms with Gasteiger partial charge in [-0.3, -0.25) is 4.90 Å². The molecule has 0 aliphatic carbocycles. The van der Waals surface area contributed by atoms with E-state index in [-0.39, 0.29) is 0 Å². The Kier molecular flexibility index (Phi) is 8.33. The van der Waals surface area contributed by atoms with E-state index in [1.807, 2.05) is 0 Å². The summed E-state index contributed by atoms with van der Waals surface area (Å²) in [6.07, 6.45) is 6.58. The summed E-state index contributed by atoms with van der Waals surface area (Å²) in [5.41, 5.74) is 0. The van der Waals surface area contributed by atoms with Crippen LogP contribution in [0.4, 0.5) is 0 Å². The molecule has 0 heterocycles. The van der Waals surface area contributed by atoms with Gasteiger partial charge in [-0.1, -0.05) is 33.6 Å². The van der Waals surface area contributed by atoms with Gasteiger partial charge >= 0.3 is 0 Å². The van der Waals surface area contributed by atoms with Gasteiger partial charge in [-0.15, -0.1) is 6.42 Å². The first kappa shape index (κ1) is 15.5. The SMILES string of the molecule is C#CCN(CCC)C(C)C(C)CNC(C)C. The molecule has 0 aromatic rings. The molecule has 0 saturated carbocycles.